The number of carboxylic acid groups (broad SMARTS) is 1. The molecule has 0 unspecified atom stereocenters. The Morgan fingerprint density at radius 1 is 1.30 bits per heavy atom. The van der Waals surface area contributed by atoms with Gasteiger partial charge >= 0.3 is 5.97 Å². The highest BCUT2D eigenvalue weighted by Gasteiger charge is 2.28. The molecule has 0 aliphatic heterocycles. The summed E-state index contributed by atoms with van der Waals surface area (Å²) in [4.78, 5) is 35.5. The van der Waals surface area contributed by atoms with Gasteiger partial charge in [0.15, 0.2) is 0 Å². The van der Waals surface area contributed by atoms with E-state index in [1.807, 2.05) is 0 Å². The summed E-state index contributed by atoms with van der Waals surface area (Å²) >= 11 is 0. The molecule has 7 heteroatoms. The lowest BCUT2D eigenvalue weighted by molar-refractivity contribution is -0.384. The zero-order valence-corrected chi connectivity index (χ0v) is 12.4. The highest BCUT2D eigenvalue weighted by atomic mass is 16.6. The van der Waals surface area contributed by atoms with Gasteiger partial charge in [0.1, 0.15) is 0 Å². The molecule has 1 saturated carbocycles. The molecule has 0 heterocycles. The number of carbonyl (C=O) groups excluding carboxylic acids is 1. The zero-order chi connectivity index (χ0) is 17.0. The number of nitro groups is 1. The van der Waals surface area contributed by atoms with E-state index >= 15 is 0 Å². The van der Waals surface area contributed by atoms with Crippen LogP contribution in [-0.2, 0) is 0 Å². The van der Waals surface area contributed by atoms with Crippen LogP contribution in [0, 0.1) is 22.5 Å². The summed E-state index contributed by atoms with van der Waals surface area (Å²) in [5, 5.41) is 20.0. The molecule has 0 aromatic heterocycles. The Balaban J connectivity index is 2.41. The van der Waals surface area contributed by atoms with Crippen molar-refractivity contribution in [2.24, 2.45) is 0 Å². The van der Waals surface area contributed by atoms with Gasteiger partial charge in [-0.2, -0.15) is 0 Å². The maximum atomic E-state index is 12.7. The molecule has 1 amide bonds. The van der Waals surface area contributed by atoms with Crippen molar-refractivity contribution in [3.8, 4) is 12.3 Å². The van der Waals surface area contributed by atoms with Crippen molar-refractivity contribution < 1.29 is 19.6 Å². The number of terminal acetylenes is 1. The monoisotopic (exact) mass is 316 g/mol. The lowest BCUT2D eigenvalue weighted by atomic mass is 10.1. The minimum Gasteiger partial charge on any atom is -0.478 e. The van der Waals surface area contributed by atoms with Gasteiger partial charge in [-0.05, 0) is 18.9 Å². The minimum absolute atomic E-state index is 0.00825. The van der Waals surface area contributed by atoms with Crippen LogP contribution in [0.15, 0.2) is 18.2 Å². The third-order valence-electron chi connectivity index (χ3n) is 3.91. The van der Waals surface area contributed by atoms with Gasteiger partial charge in [0, 0.05) is 23.7 Å². The van der Waals surface area contributed by atoms with Crippen LogP contribution < -0.4 is 0 Å². The van der Waals surface area contributed by atoms with Crippen LogP contribution in [0.25, 0.3) is 0 Å². The van der Waals surface area contributed by atoms with E-state index in [1.54, 1.807) is 0 Å². The molecule has 1 fully saturated rings. The van der Waals surface area contributed by atoms with Crippen molar-refractivity contribution in [3.63, 3.8) is 0 Å². The second-order valence-corrected chi connectivity index (χ2v) is 5.41. The summed E-state index contributed by atoms with van der Waals surface area (Å²) < 4.78 is 0. The van der Waals surface area contributed by atoms with Crippen LogP contribution in [0.4, 0.5) is 5.69 Å². The van der Waals surface area contributed by atoms with Crippen LogP contribution in [0.1, 0.15) is 46.4 Å². The Morgan fingerprint density at radius 3 is 2.43 bits per heavy atom. The Morgan fingerprint density at radius 2 is 1.91 bits per heavy atom. The van der Waals surface area contributed by atoms with E-state index in [4.69, 9.17) is 11.5 Å². The maximum Gasteiger partial charge on any atom is 0.335 e. The first kappa shape index (κ1) is 16.5. The number of non-ortho nitro benzene ring substituents is 1. The van der Waals surface area contributed by atoms with Gasteiger partial charge < -0.3 is 10.0 Å². The molecule has 1 aromatic rings. The van der Waals surface area contributed by atoms with E-state index in [1.165, 1.54) is 4.90 Å². The number of hydrogen-bond acceptors (Lipinski definition) is 4. The average molecular weight is 316 g/mol. The summed E-state index contributed by atoms with van der Waals surface area (Å²) in [6.07, 6.45) is 8.97. The first-order chi connectivity index (χ1) is 10.9. The molecule has 0 atom stereocenters. The number of benzene rings is 1. The standard InChI is InChI=1S/C16H16N2O5/c1-2-7-17(13-5-3-4-6-13)15(19)11-8-12(16(20)21)10-14(9-11)18(22)23/h1,8-10,13H,3-7H2,(H,20,21). The molecule has 1 aromatic carbocycles. The van der Waals surface area contributed by atoms with Crippen molar-refractivity contribution in [1.29, 1.82) is 0 Å². The molecule has 1 N–H and O–H groups in total. The van der Waals surface area contributed by atoms with Gasteiger partial charge in [-0.1, -0.05) is 18.8 Å². The summed E-state index contributed by atoms with van der Waals surface area (Å²) in [6, 6.07) is 3.16. The summed E-state index contributed by atoms with van der Waals surface area (Å²) in [6.45, 7) is 0.0919. The minimum atomic E-state index is -1.33. The van der Waals surface area contributed by atoms with Crippen molar-refractivity contribution in [2.75, 3.05) is 6.54 Å². The Hall–Kier alpha value is -2.88. The van der Waals surface area contributed by atoms with E-state index in [9.17, 15) is 19.7 Å². The zero-order valence-electron chi connectivity index (χ0n) is 12.4. The number of rotatable bonds is 5. The molecule has 120 valence electrons. The molecule has 7 nitrogen and oxygen atoms in total. The average Bonchev–Trinajstić information content (AvgIpc) is 3.05. The molecule has 23 heavy (non-hydrogen) atoms. The quantitative estimate of drug-likeness (QED) is 0.510. The normalized spacial score (nSPS) is 14.2. The first-order valence-electron chi connectivity index (χ1n) is 7.21. The molecule has 1 aliphatic carbocycles. The second-order valence-electron chi connectivity index (χ2n) is 5.41. The van der Waals surface area contributed by atoms with Gasteiger partial charge in [0.05, 0.1) is 17.0 Å². The molecular formula is C16H16N2O5. The van der Waals surface area contributed by atoms with Gasteiger partial charge in [0.2, 0.25) is 0 Å². The van der Waals surface area contributed by atoms with E-state index in [2.05, 4.69) is 5.92 Å². The summed E-state index contributed by atoms with van der Waals surface area (Å²) in [7, 11) is 0. The fraction of sp³-hybridized carbons (Fsp3) is 0.375. The molecule has 0 bridgehead atoms. The smallest absolute Gasteiger partial charge is 0.335 e. The van der Waals surface area contributed by atoms with Crippen LogP contribution in [-0.4, -0.2) is 39.4 Å². The molecule has 0 spiro atoms. The maximum absolute atomic E-state index is 12.7. The van der Waals surface area contributed by atoms with Crippen LogP contribution in [0.5, 0.6) is 0 Å². The third kappa shape index (κ3) is 3.66. The van der Waals surface area contributed by atoms with Gasteiger partial charge in [-0.3, -0.25) is 14.9 Å². The number of carbonyl (C=O) groups is 2. The van der Waals surface area contributed by atoms with Crippen molar-refractivity contribution in [1.82, 2.24) is 4.90 Å². The fourth-order valence-corrected chi connectivity index (χ4v) is 2.81. The highest BCUT2D eigenvalue weighted by molar-refractivity contribution is 5.98. The number of carboxylic acids is 1. The van der Waals surface area contributed by atoms with Gasteiger partial charge in [-0.25, -0.2) is 4.79 Å². The molecular weight excluding hydrogens is 300 g/mol. The topological polar surface area (TPSA) is 101 Å². The summed E-state index contributed by atoms with van der Waals surface area (Å²) in [5.41, 5.74) is -0.756. The second kappa shape index (κ2) is 6.92. The largest absolute Gasteiger partial charge is 0.478 e. The Bertz CT molecular complexity index is 654. The van der Waals surface area contributed by atoms with Crippen LogP contribution >= 0.6 is 0 Å². The SMILES string of the molecule is C#CCN(C(=O)c1cc(C(=O)O)cc([N+](=O)[O-])c1)C1CCCC1. The Kier molecular flexibility index (Phi) is 4.96. The van der Waals surface area contributed by atoms with Crippen LogP contribution in [0.2, 0.25) is 0 Å². The molecule has 0 saturated heterocycles. The highest BCUT2D eigenvalue weighted by Crippen LogP contribution is 2.26. The third-order valence-corrected chi connectivity index (χ3v) is 3.91. The Labute approximate surface area is 133 Å². The number of nitrogens with zero attached hydrogens (tertiary/aromatic N) is 2. The molecule has 0 radical (unpaired) electrons. The first-order valence-corrected chi connectivity index (χ1v) is 7.21. The fourth-order valence-electron chi connectivity index (χ4n) is 2.81. The number of aromatic carboxylic acids is 1. The van der Waals surface area contributed by atoms with Crippen molar-refractivity contribution in [2.45, 2.75) is 31.7 Å². The predicted octanol–water partition coefficient (Wildman–Crippen LogP) is 2.31. The number of hydrogen-bond donors (Lipinski definition) is 1. The lowest BCUT2D eigenvalue weighted by Crippen LogP contribution is -2.39. The lowest BCUT2D eigenvalue weighted by Gasteiger charge is -2.27. The van der Waals surface area contributed by atoms with Crippen molar-refractivity contribution >= 4 is 17.6 Å². The van der Waals surface area contributed by atoms with E-state index in [-0.39, 0.29) is 23.7 Å². The van der Waals surface area contributed by atoms with Crippen LogP contribution in [0.3, 0.4) is 0 Å². The van der Waals surface area contributed by atoms with Gasteiger partial charge in [0.25, 0.3) is 11.6 Å². The van der Waals surface area contributed by atoms with E-state index in [0.717, 1.165) is 43.9 Å². The van der Waals surface area contributed by atoms with E-state index < -0.39 is 22.5 Å². The molecule has 2 rings (SSSR count). The van der Waals surface area contributed by atoms with E-state index in [0.29, 0.717) is 0 Å². The van der Waals surface area contributed by atoms with Crippen molar-refractivity contribution in [3.05, 3.63) is 39.4 Å². The molecule has 1 aliphatic rings. The number of amides is 1. The summed E-state index contributed by atoms with van der Waals surface area (Å²) in [5.74, 6) is 0.627. The number of nitro benzene ring substituents is 1. The predicted molar refractivity (Wildman–Crippen MR) is 82.2 cm³/mol. The van der Waals surface area contributed by atoms with Gasteiger partial charge in [-0.15, -0.1) is 6.42 Å².